The van der Waals surface area contributed by atoms with Gasteiger partial charge in [-0.05, 0) is 46.5 Å². The zero-order valence-corrected chi connectivity index (χ0v) is 20.6. The number of alkyl carbamates (subject to hydrolysis) is 1. The number of alkyl halides is 1. The highest BCUT2D eigenvalue weighted by Gasteiger charge is 2.40. The van der Waals surface area contributed by atoms with Crippen LogP contribution in [0.1, 0.15) is 72.6 Å². The first kappa shape index (κ1) is 29.1. The normalized spacial score (nSPS) is 19.4. The molecule has 8 nitrogen and oxygen atoms in total. The van der Waals surface area contributed by atoms with E-state index in [4.69, 9.17) is 18.9 Å². The number of carbonyl (C=O) groups is 2. The van der Waals surface area contributed by atoms with Crippen LogP contribution >= 0.6 is 0 Å². The van der Waals surface area contributed by atoms with Crippen LogP contribution in [0.2, 0.25) is 0 Å². The molecule has 2 atom stereocenters. The maximum absolute atomic E-state index is 15.8. The van der Waals surface area contributed by atoms with E-state index in [-0.39, 0.29) is 19.4 Å². The van der Waals surface area contributed by atoms with Crippen molar-refractivity contribution in [2.45, 2.75) is 90.1 Å². The fourth-order valence-corrected chi connectivity index (χ4v) is 3.04. The van der Waals surface area contributed by atoms with Crippen molar-refractivity contribution < 1.29 is 32.9 Å². The van der Waals surface area contributed by atoms with Gasteiger partial charge in [0.15, 0.2) is 6.17 Å². The molecule has 0 radical (unpaired) electrons. The van der Waals surface area contributed by atoms with Crippen molar-refractivity contribution >= 4 is 12.0 Å². The summed E-state index contributed by atoms with van der Waals surface area (Å²) in [5.41, 5.74) is -2.84. The first-order valence-electron chi connectivity index (χ1n) is 11.9. The van der Waals surface area contributed by atoms with Crippen LogP contribution in [0, 0.1) is 11.8 Å². The second kappa shape index (κ2) is 15.9. The average Bonchev–Trinajstić information content (AvgIpc) is 2.70. The highest BCUT2D eigenvalue weighted by atomic mass is 19.1. The van der Waals surface area contributed by atoms with E-state index in [1.54, 1.807) is 20.8 Å². The maximum atomic E-state index is 15.8. The van der Waals surface area contributed by atoms with Gasteiger partial charge in [0.2, 0.25) is 11.6 Å². The average molecular weight is 473 g/mol. The molecule has 0 aromatic heterocycles. The van der Waals surface area contributed by atoms with E-state index in [0.29, 0.717) is 45.9 Å². The van der Waals surface area contributed by atoms with Crippen molar-refractivity contribution in [2.24, 2.45) is 0 Å². The van der Waals surface area contributed by atoms with Crippen LogP contribution in [0.25, 0.3) is 0 Å². The standard InChI is InChI=1S/C24H41FN2O6/c1-5-14-30-16-18-32-19-17-31-15-11-20(28)26-21(27-22(29)33-23(2,3)4)24(25)12-9-7-6-8-10-13-24/h21H,5-9,11-12,14-19H2,1-4H3,(H,26,28)(H,27,29). The number of rotatable bonds is 14. The van der Waals surface area contributed by atoms with Crippen LogP contribution < -0.4 is 10.6 Å². The van der Waals surface area contributed by atoms with E-state index in [1.807, 2.05) is 6.92 Å². The summed E-state index contributed by atoms with van der Waals surface area (Å²) in [6.07, 6.45) is 1.89. The van der Waals surface area contributed by atoms with Crippen molar-refractivity contribution in [1.82, 2.24) is 10.6 Å². The Balaban J connectivity index is 2.52. The number of hydrogen-bond acceptors (Lipinski definition) is 6. The Kier molecular flexibility index (Phi) is 14.0. The molecule has 0 aromatic rings. The second-order valence-corrected chi connectivity index (χ2v) is 8.96. The Morgan fingerprint density at radius 1 is 0.970 bits per heavy atom. The zero-order chi connectivity index (χ0) is 24.6. The topological polar surface area (TPSA) is 95.1 Å². The predicted molar refractivity (Wildman–Crippen MR) is 123 cm³/mol. The van der Waals surface area contributed by atoms with Gasteiger partial charge in [0, 0.05) is 13.0 Å². The molecule has 0 fully saturated rings. The number of amides is 2. The Hall–Kier alpha value is -1.89. The van der Waals surface area contributed by atoms with Crippen LogP contribution in [0.5, 0.6) is 0 Å². The molecule has 0 saturated heterocycles. The lowest BCUT2D eigenvalue weighted by Crippen LogP contribution is -2.60. The monoisotopic (exact) mass is 472 g/mol. The lowest BCUT2D eigenvalue weighted by Gasteiger charge is -2.32. The summed E-state index contributed by atoms with van der Waals surface area (Å²) < 4.78 is 37.1. The molecule has 2 unspecified atom stereocenters. The molecule has 2 N–H and O–H groups in total. The van der Waals surface area contributed by atoms with Crippen LogP contribution in [0.3, 0.4) is 0 Å². The Bertz CT molecular complexity index is 643. The first-order valence-corrected chi connectivity index (χ1v) is 11.9. The van der Waals surface area contributed by atoms with Gasteiger partial charge in [-0.15, -0.1) is 0 Å². The Labute approximate surface area is 197 Å². The number of carbonyl (C=O) groups excluding carboxylic acids is 2. The molecule has 0 bridgehead atoms. The molecule has 2 amide bonds. The van der Waals surface area contributed by atoms with Gasteiger partial charge in [-0.3, -0.25) is 10.1 Å². The van der Waals surface area contributed by atoms with Crippen LogP contribution in [0.15, 0.2) is 0 Å². The number of hydrogen-bond donors (Lipinski definition) is 2. The Morgan fingerprint density at radius 2 is 1.61 bits per heavy atom. The van der Waals surface area contributed by atoms with Crippen molar-refractivity contribution in [3.8, 4) is 11.8 Å². The highest BCUT2D eigenvalue weighted by molar-refractivity contribution is 5.77. The SMILES string of the molecule is CCCOCCOCCOCCC(=O)NC(NC(=O)OC(C)(C)C)C1(F)C#CCCCCC1. The number of nitrogens with one attached hydrogen (secondary N) is 2. The highest BCUT2D eigenvalue weighted by Crippen LogP contribution is 2.25. The molecule has 0 aromatic carbocycles. The largest absolute Gasteiger partial charge is 0.444 e. The minimum absolute atomic E-state index is 0.00954. The fourth-order valence-electron chi connectivity index (χ4n) is 3.04. The van der Waals surface area contributed by atoms with Gasteiger partial charge in [0.25, 0.3) is 0 Å². The summed E-state index contributed by atoms with van der Waals surface area (Å²) in [6.45, 7) is 9.77. The molecule has 190 valence electrons. The first-order chi connectivity index (χ1) is 15.7. The van der Waals surface area contributed by atoms with Crippen LogP contribution in [0.4, 0.5) is 9.18 Å². The van der Waals surface area contributed by atoms with Gasteiger partial charge in [0.1, 0.15) is 5.60 Å². The minimum atomic E-state index is -2.08. The predicted octanol–water partition coefficient (Wildman–Crippen LogP) is 3.48. The van der Waals surface area contributed by atoms with Crippen molar-refractivity contribution in [1.29, 1.82) is 0 Å². The third kappa shape index (κ3) is 14.1. The molecule has 1 aliphatic rings. The quantitative estimate of drug-likeness (QED) is 0.228. The number of ether oxygens (including phenoxy) is 4. The molecule has 9 heteroatoms. The van der Waals surface area contributed by atoms with Crippen LogP contribution in [-0.4, -0.2) is 69.1 Å². The number of halogens is 1. The minimum Gasteiger partial charge on any atom is -0.444 e. The molecule has 0 aliphatic heterocycles. The van der Waals surface area contributed by atoms with E-state index in [2.05, 4.69) is 22.5 Å². The lowest BCUT2D eigenvalue weighted by molar-refractivity contribution is -0.124. The molecular formula is C24H41FN2O6. The van der Waals surface area contributed by atoms with Crippen molar-refractivity contribution in [2.75, 3.05) is 39.6 Å². The summed E-state index contributed by atoms with van der Waals surface area (Å²) in [4.78, 5) is 24.7. The molecule has 0 heterocycles. The van der Waals surface area contributed by atoms with Gasteiger partial charge in [0.05, 0.1) is 39.5 Å². The maximum Gasteiger partial charge on any atom is 0.409 e. The molecular weight excluding hydrogens is 431 g/mol. The molecule has 0 spiro atoms. The summed E-state index contributed by atoms with van der Waals surface area (Å²) in [5.74, 6) is 4.99. The van der Waals surface area contributed by atoms with E-state index in [0.717, 1.165) is 19.3 Å². The smallest absolute Gasteiger partial charge is 0.409 e. The summed E-state index contributed by atoms with van der Waals surface area (Å²) in [7, 11) is 0. The summed E-state index contributed by atoms with van der Waals surface area (Å²) in [6, 6.07) is 0. The van der Waals surface area contributed by atoms with E-state index in [1.165, 1.54) is 0 Å². The van der Waals surface area contributed by atoms with Gasteiger partial charge >= 0.3 is 6.09 Å². The molecule has 33 heavy (non-hydrogen) atoms. The molecule has 1 rings (SSSR count). The van der Waals surface area contributed by atoms with Gasteiger partial charge in [-0.25, -0.2) is 9.18 Å². The van der Waals surface area contributed by atoms with Crippen LogP contribution in [-0.2, 0) is 23.7 Å². The van der Waals surface area contributed by atoms with Gasteiger partial charge in [-0.2, -0.15) is 0 Å². The zero-order valence-electron chi connectivity index (χ0n) is 20.6. The third-order valence-corrected chi connectivity index (χ3v) is 4.63. The van der Waals surface area contributed by atoms with Crippen molar-refractivity contribution in [3.05, 3.63) is 0 Å². The Morgan fingerprint density at radius 3 is 2.24 bits per heavy atom. The second-order valence-electron chi connectivity index (χ2n) is 8.96. The van der Waals surface area contributed by atoms with Crippen molar-refractivity contribution in [3.63, 3.8) is 0 Å². The van der Waals surface area contributed by atoms with Gasteiger partial charge in [-0.1, -0.05) is 25.2 Å². The molecule has 0 saturated carbocycles. The van der Waals surface area contributed by atoms with E-state index in [9.17, 15) is 9.59 Å². The summed E-state index contributed by atoms with van der Waals surface area (Å²) in [5, 5.41) is 5.03. The third-order valence-electron chi connectivity index (χ3n) is 4.63. The lowest BCUT2D eigenvalue weighted by atomic mass is 9.92. The summed E-state index contributed by atoms with van der Waals surface area (Å²) >= 11 is 0. The van der Waals surface area contributed by atoms with E-state index < -0.39 is 29.4 Å². The fraction of sp³-hybridized carbons (Fsp3) is 0.833. The van der Waals surface area contributed by atoms with Gasteiger partial charge < -0.3 is 24.3 Å². The van der Waals surface area contributed by atoms with E-state index >= 15 is 4.39 Å². The molecule has 1 aliphatic carbocycles.